The minimum Gasteiger partial charge on any atom is -0.336 e. The number of pyridine rings is 1. The van der Waals surface area contributed by atoms with E-state index in [0.29, 0.717) is 17.3 Å². The van der Waals surface area contributed by atoms with E-state index in [1.807, 2.05) is 24.8 Å². The highest BCUT2D eigenvalue weighted by Gasteiger charge is 2.29. The average molecular weight is 301 g/mol. The zero-order valence-corrected chi connectivity index (χ0v) is 13.6. The third kappa shape index (κ3) is 2.49. The van der Waals surface area contributed by atoms with Gasteiger partial charge in [-0.25, -0.2) is 4.98 Å². The van der Waals surface area contributed by atoms with Crippen LogP contribution in [0.4, 0.5) is 0 Å². The Labute approximate surface area is 130 Å². The summed E-state index contributed by atoms with van der Waals surface area (Å²) in [5.74, 6) is 0.0972. The van der Waals surface area contributed by atoms with E-state index in [1.54, 1.807) is 0 Å². The standard InChI is InChI=1S/C17H23N3O2/c1-4-12-10-14(15-11(3)19-22-16(15)18-12)17(21)20-9-7-6-8-13(20)5-2/h10,13H,4-9H2,1-3H3/t13-/m0/s1. The first kappa shape index (κ1) is 15.0. The number of carbonyl (C=O) groups is 1. The van der Waals surface area contributed by atoms with E-state index in [9.17, 15) is 4.79 Å². The van der Waals surface area contributed by atoms with Crippen LogP contribution in [0.15, 0.2) is 10.6 Å². The number of nitrogens with zero attached hydrogens (tertiary/aromatic N) is 3. The molecule has 5 nitrogen and oxygen atoms in total. The fraction of sp³-hybridized carbons (Fsp3) is 0.588. The highest BCUT2D eigenvalue weighted by atomic mass is 16.5. The summed E-state index contributed by atoms with van der Waals surface area (Å²) in [6.45, 7) is 6.89. The van der Waals surface area contributed by atoms with Crippen LogP contribution in [-0.2, 0) is 6.42 Å². The number of rotatable bonds is 3. The molecule has 1 aliphatic rings. The summed E-state index contributed by atoms with van der Waals surface area (Å²) in [5, 5.41) is 4.76. The quantitative estimate of drug-likeness (QED) is 0.870. The van der Waals surface area contributed by atoms with E-state index < -0.39 is 0 Å². The van der Waals surface area contributed by atoms with Crippen molar-refractivity contribution in [1.29, 1.82) is 0 Å². The Morgan fingerprint density at radius 3 is 2.95 bits per heavy atom. The molecule has 1 amide bonds. The predicted octanol–water partition coefficient (Wildman–Crippen LogP) is 3.50. The second-order valence-corrected chi connectivity index (χ2v) is 6.02. The molecule has 3 heterocycles. The molecule has 3 rings (SSSR count). The summed E-state index contributed by atoms with van der Waals surface area (Å²) in [4.78, 5) is 19.6. The van der Waals surface area contributed by atoms with Gasteiger partial charge in [0.05, 0.1) is 16.6 Å². The Morgan fingerprint density at radius 1 is 1.41 bits per heavy atom. The van der Waals surface area contributed by atoms with Crippen LogP contribution in [-0.4, -0.2) is 33.5 Å². The maximum absolute atomic E-state index is 13.1. The maximum atomic E-state index is 13.1. The van der Waals surface area contributed by atoms with Gasteiger partial charge in [0.15, 0.2) is 0 Å². The minimum atomic E-state index is 0.0972. The van der Waals surface area contributed by atoms with Crippen LogP contribution in [0, 0.1) is 6.92 Å². The molecule has 0 radical (unpaired) electrons. The molecule has 1 atom stereocenters. The molecule has 0 unspecified atom stereocenters. The molecule has 0 saturated carbocycles. The SMILES string of the molecule is CCc1cc(C(=O)N2CCCC[C@@H]2CC)c2c(C)noc2n1. The molecule has 0 bridgehead atoms. The Balaban J connectivity index is 2.07. The molecule has 1 fully saturated rings. The van der Waals surface area contributed by atoms with Crippen molar-refractivity contribution in [3.8, 4) is 0 Å². The Hall–Kier alpha value is -1.91. The predicted molar refractivity (Wildman–Crippen MR) is 84.9 cm³/mol. The first-order valence-corrected chi connectivity index (χ1v) is 8.22. The lowest BCUT2D eigenvalue weighted by Crippen LogP contribution is -2.43. The van der Waals surface area contributed by atoms with E-state index in [-0.39, 0.29) is 5.91 Å². The van der Waals surface area contributed by atoms with Gasteiger partial charge < -0.3 is 9.42 Å². The smallest absolute Gasteiger partial charge is 0.258 e. The summed E-state index contributed by atoms with van der Waals surface area (Å²) in [6, 6.07) is 2.26. The van der Waals surface area contributed by atoms with Gasteiger partial charge in [-0.05, 0) is 45.1 Å². The fourth-order valence-electron chi connectivity index (χ4n) is 3.34. The number of hydrogen-bond donors (Lipinski definition) is 0. The van der Waals surface area contributed by atoms with E-state index >= 15 is 0 Å². The van der Waals surface area contributed by atoms with E-state index in [0.717, 1.165) is 49.0 Å². The highest BCUT2D eigenvalue weighted by Crippen LogP contribution is 2.27. The second-order valence-electron chi connectivity index (χ2n) is 6.02. The van der Waals surface area contributed by atoms with E-state index in [2.05, 4.69) is 17.1 Å². The van der Waals surface area contributed by atoms with Crippen molar-refractivity contribution in [2.24, 2.45) is 0 Å². The molecule has 22 heavy (non-hydrogen) atoms. The van der Waals surface area contributed by atoms with Crippen molar-refractivity contribution in [1.82, 2.24) is 15.0 Å². The van der Waals surface area contributed by atoms with Gasteiger partial charge in [0.2, 0.25) is 0 Å². The normalized spacial score (nSPS) is 18.9. The van der Waals surface area contributed by atoms with Crippen LogP contribution in [0.2, 0.25) is 0 Å². The molecule has 2 aromatic rings. The number of aromatic nitrogens is 2. The van der Waals surface area contributed by atoms with Gasteiger partial charge in [0, 0.05) is 18.3 Å². The van der Waals surface area contributed by atoms with Crippen LogP contribution in [0.25, 0.3) is 11.1 Å². The number of aryl methyl sites for hydroxylation is 2. The summed E-state index contributed by atoms with van der Waals surface area (Å²) in [6.07, 6.45) is 5.16. The average Bonchev–Trinajstić information content (AvgIpc) is 2.94. The number of hydrogen-bond acceptors (Lipinski definition) is 4. The van der Waals surface area contributed by atoms with Crippen molar-refractivity contribution < 1.29 is 9.32 Å². The third-order valence-electron chi connectivity index (χ3n) is 4.62. The van der Waals surface area contributed by atoms with Gasteiger partial charge in [-0.3, -0.25) is 4.79 Å². The Bertz CT molecular complexity index is 693. The van der Waals surface area contributed by atoms with Gasteiger partial charge in [-0.2, -0.15) is 0 Å². The van der Waals surface area contributed by atoms with Crippen molar-refractivity contribution in [2.45, 2.75) is 58.9 Å². The topological polar surface area (TPSA) is 59.2 Å². The molecule has 1 saturated heterocycles. The number of likely N-dealkylation sites (tertiary alicyclic amines) is 1. The second kappa shape index (κ2) is 6.07. The van der Waals surface area contributed by atoms with Gasteiger partial charge in [-0.1, -0.05) is 19.0 Å². The zero-order valence-electron chi connectivity index (χ0n) is 13.6. The van der Waals surface area contributed by atoms with Gasteiger partial charge in [0.1, 0.15) is 0 Å². The van der Waals surface area contributed by atoms with Crippen LogP contribution >= 0.6 is 0 Å². The maximum Gasteiger partial charge on any atom is 0.258 e. The van der Waals surface area contributed by atoms with Crippen LogP contribution in [0.3, 0.4) is 0 Å². The lowest BCUT2D eigenvalue weighted by Gasteiger charge is -2.35. The number of fused-ring (bicyclic) bond motifs is 1. The van der Waals surface area contributed by atoms with Crippen molar-refractivity contribution in [2.75, 3.05) is 6.54 Å². The van der Waals surface area contributed by atoms with Crippen LogP contribution < -0.4 is 0 Å². The molecule has 5 heteroatoms. The molecule has 0 aromatic carbocycles. The van der Waals surface area contributed by atoms with Crippen molar-refractivity contribution >= 4 is 17.0 Å². The minimum absolute atomic E-state index is 0.0972. The fourth-order valence-corrected chi connectivity index (χ4v) is 3.34. The summed E-state index contributed by atoms with van der Waals surface area (Å²) in [5.41, 5.74) is 2.78. The lowest BCUT2D eigenvalue weighted by atomic mass is 9.98. The first-order chi connectivity index (χ1) is 10.7. The van der Waals surface area contributed by atoms with Gasteiger partial charge in [0.25, 0.3) is 11.6 Å². The number of carbonyl (C=O) groups excluding carboxylic acids is 1. The Morgan fingerprint density at radius 2 is 2.23 bits per heavy atom. The summed E-state index contributed by atoms with van der Waals surface area (Å²) >= 11 is 0. The molecule has 118 valence electrons. The van der Waals surface area contributed by atoms with E-state index in [1.165, 1.54) is 6.42 Å². The highest BCUT2D eigenvalue weighted by molar-refractivity contribution is 6.06. The number of amides is 1. The lowest BCUT2D eigenvalue weighted by molar-refractivity contribution is 0.0610. The number of piperidine rings is 1. The van der Waals surface area contributed by atoms with Crippen molar-refractivity contribution in [3.63, 3.8) is 0 Å². The molecule has 1 aliphatic heterocycles. The molecule has 2 aromatic heterocycles. The summed E-state index contributed by atoms with van der Waals surface area (Å²) in [7, 11) is 0. The Kier molecular flexibility index (Phi) is 4.14. The molecule has 0 aliphatic carbocycles. The van der Waals surface area contributed by atoms with Gasteiger partial charge in [-0.15, -0.1) is 0 Å². The largest absolute Gasteiger partial charge is 0.336 e. The summed E-state index contributed by atoms with van der Waals surface area (Å²) < 4.78 is 5.29. The zero-order chi connectivity index (χ0) is 15.7. The third-order valence-corrected chi connectivity index (χ3v) is 4.62. The van der Waals surface area contributed by atoms with Gasteiger partial charge >= 0.3 is 0 Å². The molecule has 0 spiro atoms. The van der Waals surface area contributed by atoms with Crippen LogP contribution in [0.5, 0.6) is 0 Å². The monoisotopic (exact) mass is 301 g/mol. The van der Waals surface area contributed by atoms with Crippen LogP contribution in [0.1, 0.15) is 61.3 Å². The first-order valence-electron chi connectivity index (χ1n) is 8.22. The van der Waals surface area contributed by atoms with E-state index in [4.69, 9.17) is 4.52 Å². The molecular weight excluding hydrogens is 278 g/mol. The van der Waals surface area contributed by atoms with Crippen molar-refractivity contribution in [3.05, 3.63) is 23.0 Å². The molecule has 0 N–H and O–H groups in total. The molecular formula is C17H23N3O2.